The normalized spacial score (nSPS) is 16.8. The Balaban J connectivity index is 1.96. The Labute approximate surface area is 127 Å². The summed E-state index contributed by atoms with van der Waals surface area (Å²) in [5.41, 5.74) is 3.81. The summed E-state index contributed by atoms with van der Waals surface area (Å²) >= 11 is 3.50. The first-order valence-corrected chi connectivity index (χ1v) is 7.80. The largest absolute Gasteiger partial charge is 0.308 e. The van der Waals surface area contributed by atoms with Crippen LogP contribution in [0.15, 0.2) is 45.9 Å². The lowest BCUT2D eigenvalue weighted by Crippen LogP contribution is -2.32. The van der Waals surface area contributed by atoms with E-state index in [1.807, 2.05) is 0 Å². The molecule has 0 atom stereocenters. The van der Waals surface area contributed by atoms with Gasteiger partial charge in [-0.25, -0.2) is 5.84 Å². The van der Waals surface area contributed by atoms with Gasteiger partial charge in [0.1, 0.15) is 5.84 Å². The van der Waals surface area contributed by atoms with Crippen LogP contribution >= 0.6 is 15.9 Å². The molecule has 0 radical (unpaired) electrons. The molecule has 1 saturated carbocycles. The van der Waals surface area contributed by atoms with Crippen molar-refractivity contribution in [2.45, 2.75) is 31.7 Å². The lowest BCUT2D eigenvalue weighted by atomic mass is 10.1. The molecule has 1 aliphatic carbocycles. The summed E-state index contributed by atoms with van der Waals surface area (Å²) in [7, 11) is 0. The molecule has 0 heterocycles. The number of benzene rings is 2. The van der Waals surface area contributed by atoms with Crippen molar-refractivity contribution in [1.82, 2.24) is 5.43 Å². The quantitative estimate of drug-likeness (QED) is 0.381. The molecule has 1 aliphatic rings. The van der Waals surface area contributed by atoms with Crippen molar-refractivity contribution in [3.8, 4) is 0 Å². The number of nitrogens with zero attached hydrogens (tertiary/aromatic N) is 1. The van der Waals surface area contributed by atoms with Crippen LogP contribution in [0, 0.1) is 0 Å². The molecule has 0 spiro atoms. The van der Waals surface area contributed by atoms with Crippen LogP contribution in [0.4, 0.5) is 0 Å². The number of nitrogens with two attached hydrogens (primary N) is 1. The number of nitrogens with one attached hydrogen (secondary N) is 1. The SMILES string of the molecule is NNC(=NC1CCCC1)c1ccc2cc(Br)ccc2c1. The van der Waals surface area contributed by atoms with E-state index in [9.17, 15) is 0 Å². The highest BCUT2D eigenvalue weighted by atomic mass is 79.9. The third-order valence-corrected chi connectivity index (χ3v) is 4.34. The van der Waals surface area contributed by atoms with E-state index in [2.05, 4.69) is 57.8 Å². The fraction of sp³-hybridized carbons (Fsp3) is 0.312. The zero-order valence-electron chi connectivity index (χ0n) is 11.3. The van der Waals surface area contributed by atoms with Gasteiger partial charge in [0.15, 0.2) is 0 Å². The Morgan fingerprint density at radius 1 is 1.10 bits per heavy atom. The van der Waals surface area contributed by atoms with Crippen LogP contribution < -0.4 is 11.3 Å². The molecule has 3 nitrogen and oxygen atoms in total. The van der Waals surface area contributed by atoms with Gasteiger partial charge in [0.25, 0.3) is 0 Å². The molecule has 3 N–H and O–H groups in total. The molecule has 104 valence electrons. The highest BCUT2D eigenvalue weighted by molar-refractivity contribution is 9.10. The number of aliphatic imine (C=N–C) groups is 1. The summed E-state index contributed by atoms with van der Waals surface area (Å²) in [4.78, 5) is 4.76. The summed E-state index contributed by atoms with van der Waals surface area (Å²) in [5, 5.41) is 2.40. The van der Waals surface area contributed by atoms with Crippen LogP contribution in [-0.4, -0.2) is 11.9 Å². The Morgan fingerprint density at radius 3 is 2.55 bits per heavy atom. The molecule has 0 aliphatic heterocycles. The summed E-state index contributed by atoms with van der Waals surface area (Å²) in [6.07, 6.45) is 4.90. The average Bonchev–Trinajstić information content (AvgIpc) is 2.97. The van der Waals surface area contributed by atoms with Gasteiger partial charge in [0.05, 0.1) is 6.04 Å². The predicted octanol–water partition coefficient (Wildman–Crippen LogP) is 3.75. The molecule has 0 saturated heterocycles. The first-order valence-electron chi connectivity index (χ1n) is 7.00. The lowest BCUT2D eigenvalue weighted by Gasteiger charge is -2.10. The number of hydrazine groups is 1. The minimum absolute atomic E-state index is 0.418. The molecule has 0 aromatic heterocycles. The zero-order chi connectivity index (χ0) is 13.9. The topological polar surface area (TPSA) is 50.4 Å². The zero-order valence-corrected chi connectivity index (χ0v) is 12.9. The Morgan fingerprint density at radius 2 is 1.80 bits per heavy atom. The number of rotatable bonds is 2. The maximum absolute atomic E-state index is 5.66. The first-order chi connectivity index (χ1) is 9.76. The fourth-order valence-electron chi connectivity index (χ4n) is 2.77. The maximum Gasteiger partial charge on any atom is 0.142 e. The van der Waals surface area contributed by atoms with E-state index in [1.165, 1.54) is 36.5 Å². The van der Waals surface area contributed by atoms with Crippen molar-refractivity contribution in [3.05, 3.63) is 46.4 Å². The van der Waals surface area contributed by atoms with E-state index in [-0.39, 0.29) is 0 Å². The molecule has 2 aromatic carbocycles. The van der Waals surface area contributed by atoms with Crippen LogP contribution in [0.2, 0.25) is 0 Å². The summed E-state index contributed by atoms with van der Waals surface area (Å²) < 4.78 is 1.09. The first kappa shape index (κ1) is 13.6. The van der Waals surface area contributed by atoms with Crippen LogP contribution in [0.1, 0.15) is 31.2 Å². The van der Waals surface area contributed by atoms with Gasteiger partial charge in [0.2, 0.25) is 0 Å². The van der Waals surface area contributed by atoms with Gasteiger partial charge >= 0.3 is 0 Å². The van der Waals surface area contributed by atoms with Crippen molar-refractivity contribution in [3.63, 3.8) is 0 Å². The van der Waals surface area contributed by atoms with Gasteiger partial charge in [-0.3, -0.25) is 4.99 Å². The number of amidine groups is 1. The molecular weight excluding hydrogens is 314 g/mol. The van der Waals surface area contributed by atoms with Gasteiger partial charge in [-0.2, -0.15) is 0 Å². The molecule has 3 rings (SSSR count). The van der Waals surface area contributed by atoms with Crippen LogP contribution in [0.25, 0.3) is 10.8 Å². The van der Waals surface area contributed by atoms with E-state index >= 15 is 0 Å². The highest BCUT2D eigenvalue weighted by Gasteiger charge is 2.15. The van der Waals surface area contributed by atoms with Gasteiger partial charge in [-0.05, 0) is 41.8 Å². The standard InChI is InChI=1S/C16H18BrN3/c17-14-8-7-11-9-13(6-5-12(11)10-14)16(20-18)19-15-3-1-2-4-15/h5-10,15H,1-4,18H2,(H,19,20). The van der Waals surface area contributed by atoms with Crippen molar-refractivity contribution < 1.29 is 0 Å². The minimum atomic E-state index is 0.418. The average molecular weight is 332 g/mol. The molecule has 4 heteroatoms. The van der Waals surface area contributed by atoms with E-state index in [4.69, 9.17) is 10.8 Å². The second-order valence-corrected chi connectivity index (χ2v) is 6.18. The van der Waals surface area contributed by atoms with Gasteiger partial charge < -0.3 is 5.43 Å². The molecule has 0 bridgehead atoms. The van der Waals surface area contributed by atoms with E-state index in [0.29, 0.717) is 6.04 Å². The van der Waals surface area contributed by atoms with E-state index < -0.39 is 0 Å². The summed E-state index contributed by atoms with van der Waals surface area (Å²) in [6, 6.07) is 13.0. The Hall–Kier alpha value is -1.39. The van der Waals surface area contributed by atoms with Crippen molar-refractivity contribution in [1.29, 1.82) is 0 Å². The molecule has 1 fully saturated rings. The summed E-state index contributed by atoms with van der Waals surface area (Å²) in [6.45, 7) is 0. The van der Waals surface area contributed by atoms with Crippen molar-refractivity contribution >= 4 is 32.5 Å². The van der Waals surface area contributed by atoms with E-state index in [1.54, 1.807) is 0 Å². The maximum atomic E-state index is 5.66. The second-order valence-electron chi connectivity index (χ2n) is 5.27. The number of fused-ring (bicyclic) bond motifs is 1. The van der Waals surface area contributed by atoms with Crippen molar-refractivity contribution in [2.24, 2.45) is 10.8 Å². The number of hydrogen-bond acceptors (Lipinski definition) is 2. The van der Waals surface area contributed by atoms with Crippen LogP contribution in [-0.2, 0) is 0 Å². The third kappa shape index (κ3) is 2.86. The third-order valence-electron chi connectivity index (χ3n) is 3.85. The van der Waals surface area contributed by atoms with Gasteiger partial charge in [0, 0.05) is 10.0 Å². The Kier molecular flexibility index (Phi) is 4.03. The molecular formula is C16H18BrN3. The highest BCUT2D eigenvalue weighted by Crippen LogP contribution is 2.23. The molecule has 0 unspecified atom stereocenters. The smallest absolute Gasteiger partial charge is 0.142 e. The van der Waals surface area contributed by atoms with Crippen molar-refractivity contribution in [2.75, 3.05) is 0 Å². The van der Waals surface area contributed by atoms with Crippen LogP contribution in [0.3, 0.4) is 0 Å². The van der Waals surface area contributed by atoms with Crippen LogP contribution in [0.5, 0.6) is 0 Å². The monoisotopic (exact) mass is 331 g/mol. The number of halogens is 1. The molecule has 20 heavy (non-hydrogen) atoms. The summed E-state index contributed by atoms with van der Waals surface area (Å²) in [5.74, 6) is 6.46. The predicted molar refractivity (Wildman–Crippen MR) is 87.8 cm³/mol. The Bertz CT molecular complexity index is 645. The lowest BCUT2D eigenvalue weighted by molar-refractivity contribution is 0.701. The second kappa shape index (κ2) is 5.94. The molecule has 2 aromatic rings. The van der Waals surface area contributed by atoms with E-state index in [0.717, 1.165) is 15.9 Å². The fourth-order valence-corrected chi connectivity index (χ4v) is 3.15. The van der Waals surface area contributed by atoms with Gasteiger partial charge in [-0.15, -0.1) is 0 Å². The minimum Gasteiger partial charge on any atom is -0.308 e. The number of hydrogen-bond donors (Lipinski definition) is 2. The molecule has 0 amide bonds. The van der Waals surface area contributed by atoms with Gasteiger partial charge in [-0.1, -0.05) is 47.0 Å².